The van der Waals surface area contributed by atoms with Crippen molar-refractivity contribution in [3.63, 3.8) is 0 Å². The normalized spacial score (nSPS) is 18.0. The Labute approximate surface area is 176 Å². The summed E-state index contributed by atoms with van der Waals surface area (Å²) in [6.45, 7) is 3.97. The van der Waals surface area contributed by atoms with Gasteiger partial charge in [0, 0.05) is 11.3 Å². The molecule has 7 heteroatoms. The molecule has 0 aliphatic heterocycles. The van der Waals surface area contributed by atoms with Gasteiger partial charge in [-0.25, -0.2) is 9.67 Å². The van der Waals surface area contributed by atoms with E-state index in [0.717, 1.165) is 31.6 Å². The first kappa shape index (κ1) is 18.2. The number of nitriles is 1. The zero-order chi connectivity index (χ0) is 20.2. The molecule has 0 fully saturated rings. The molecule has 1 aliphatic rings. The van der Waals surface area contributed by atoms with E-state index in [2.05, 4.69) is 6.07 Å². The largest absolute Gasteiger partial charge is 0.293 e. The highest BCUT2D eigenvalue weighted by Crippen LogP contribution is 2.42. The molecule has 1 atom stereocenters. The Hall–Kier alpha value is -2.82. The summed E-state index contributed by atoms with van der Waals surface area (Å²) in [5, 5.41) is 17.3. The fourth-order valence-electron chi connectivity index (χ4n) is 4.03. The Morgan fingerprint density at radius 2 is 2.10 bits per heavy atom. The number of carbonyl (C=O) groups is 1. The third kappa shape index (κ3) is 2.91. The number of aromatic nitrogens is 3. The minimum absolute atomic E-state index is 0.113. The maximum Gasteiger partial charge on any atom is 0.211 e. The van der Waals surface area contributed by atoms with E-state index in [0.29, 0.717) is 18.4 Å². The van der Waals surface area contributed by atoms with Crippen LogP contribution in [-0.2, 0) is 12.8 Å². The highest BCUT2D eigenvalue weighted by Gasteiger charge is 2.45. The number of para-hydroxylation sites is 1. The van der Waals surface area contributed by atoms with E-state index >= 15 is 0 Å². The second-order valence-corrected chi connectivity index (χ2v) is 10.0. The zero-order valence-electron chi connectivity index (χ0n) is 16.0. The highest BCUT2D eigenvalue weighted by atomic mass is 32.1. The van der Waals surface area contributed by atoms with Gasteiger partial charge in [-0.2, -0.15) is 10.4 Å². The molecular weight excluding hydrogens is 400 g/mol. The van der Waals surface area contributed by atoms with Crippen LogP contribution in [0.15, 0.2) is 41.8 Å². The van der Waals surface area contributed by atoms with Gasteiger partial charge in [0.15, 0.2) is 5.78 Å². The van der Waals surface area contributed by atoms with Gasteiger partial charge in [-0.1, -0.05) is 43.4 Å². The Morgan fingerprint density at radius 3 is 2.83 bits per heavy atom. The zero-order valence-corrected chi connectivity index (χ0v) is 17.7. The average Bonchev–Trinajstić information content (AvgIpc) is 3.40. The van der Waals surface area contributed by atoms with Crippen molar-refractivity contribution in [1.29, 1.82) is 5.26 Å². The number of benzene rings is 1. The smallest absolute Gasteiger partial charge is 0.211 e. The molecule has 0 saturated carbocycles. The molecule has 1 aromatic carbocycles. The molecule has 0 saturated heterocycles. The van der Waals surface area contributed by atoms with Crippen LogP contribution in [0.25, 0.3) is 15.3 Å². The Kier molecular flexibility index (Phi) is 4.16. The second kappa shape index (κ2) is 6.61. The summed E-state index contributed by atoms with van der Waals surface area (Å²) in [7, 11) is 0. The van der Waals surface area contributed by atoms with Crippen molar-refractivity contribution in [3.8, 4) is 11.2 Å². The monoisotopic (exact) mass is 418 g/mol. The number of ketones is 1. The summed E-state index contributed by atoms with van der Waals surface area (Å²) in [6, 6.07) is 14.3. The lowest BCUT2D eigenvalue weighted by atomic mass is 9.68. The summed E-state index contributed by atoms with van der Waals surface area (Å²) in [4.78, 5) is 19.2. The van der Waals surface area contributed by atoms with Crippen molar-refractivity contribution in [1.82, 2.24) is 14.8 Å². The van der Waals surface area contributed by atoms with Gasteiger partial charge >= 0.3 is 0 Å². The minimum atomic E-state index is -0.662. The van der Waals surface area contributed by atoms with Crippen LogP contribution in [0, 0.1) is 22.7 Å². The molecule has 3 aromatic heterocycles. The van der Waals surface area contributed by atoms with Crippen molar-refractivity contribution in [2.75, 3.05) is 0 Å². The van der Waals surface area contributed by atoms with Gasteiger partial charge < -0.3 is 0 Å². The molecule has 1 unspecified atom stereocenters. The van der Waals surface area contributed by atoms with Gasteiger partial charge in [-0.3, -0.25) is 4.79 Å². The number of carbonyl (C=O) groups excluding carboxylic acids is 1. The molecule has 144 valence electrons. The number of thiophene rings is 1. The van der Waals surface area contributed by atoms with Crippen LogP contribution in [-0.4, -0.2) is 20.5 Å². The molecule has 0 spiro atoms. The first-order valence-electron chi connectivity index (χ1n) is 9.41. The maximum atomic E-state index is 13.3. The summed E-state index contributed by atoms with van der Waals surface area (Å²) in [6.07, 6.45) is 1.20. The first-order valence-corrected chi connectivity index (χ1v) is 11.1. The number of fused-ring (bicyclic) bond motifs is 2. The lowest BCUT2D eigenvalue weighted by molar-refractivity contribution is 0.0833. The van der Waals surface area contributed by atoms with E-state index in [1.165, 1.54) is 0 Å². The van der Waals surface area contributed by atoms with Gasteiger partial charge in [0.1, 0.15) is 5.92 Å². The average molecular weight is 419 g/mol. The van der Waals surface area contributed by atoms with E-state index in [-0.39, 0.29) is 5.78 Å². The Morgan fingerprint density at radius 1 is 1.28 bits per heavy atom. The molecular formula is C22H18N4OS2. The van der Waals surface area contributed by atoms with Crippen molar-refractivity contribution < 1.29 is 4.79 Å². The molecule has 1 aliphatic carbocycles. The SMILES string of the molecule is CC1(C)Cc2c(c(Cc3cccs3)nn2-c2nc3ccccc3s2)C(=O)C1C#N. The molecule has 3 heterocycles. The van der Waals surface area contributed by atoms with E-state index in [4.69, 9.17) is 10.1 Å². The molecule has 5 nitrogen and oxygen atoms in total. The summed E-state index contributed by atoms with van der Waals surface area (Å²) >= 11 is 3.21. The molecule has 0 radical (unpaired) electrons. The van der Waals surface area contributed by atoms with Gasteiger partial charge in [0.25, 0.3) is 0 Å². The van der Waals surface area contributed by atoms with Crippen LogP contribution in [0.4, 0.5) is 0 Å². The molecule has 0 N–H and O–H groups in total. The number of thiazole rings is 1. The van der Waals surface area contributed by atoms with Crippen molar-refractivity contribution in [2.45, 2.75) is 26.7 Å². The first-order chi connectivity index (χ1) is 14.0. The predicted molar refractivity (Wildman–Crippen MR) is 115 cm³/mol. The number of hydrogen-bond acceptors (Lipinski definition) is 6. The summed E-state index contributed by atoms with van der Waals surface area (Å²) in [5.41, 5.74) is 2.70. The highest BCUT2D eigenvalue weighted by molar-refractivity contribution is 7.20. The van der Waals surface area contributed by atoms with Crippen LogP contribution in [0.3, 0.4) is 0 Å². The number of nitrogens with zero attached hydrogens (tertiary/aromatic N) is 4. The topological polar surface area (TPSA) is 71.6 Å². The van der Waals surface area contributed by atoms with E-state index in [9.17, 15) is 10.1 Å². The van der Waals surface area contributed by atoms with Gasteiger partial charge in [0.2, 0.25) is 5.13 Å². The lowest BCUT2D eigenvalue weighted by Crippen LogP contribution is -2.38. The fourth-order valence-corrected chi connectivity index (χ4v) is 5.68. The molecule has 0 amide bonds. The summed E-state index contributed by atoms with van der Waals surface area (Å²) < 4.78 is 2.93. The van der Waals surface area contributed by atoms with Crippen LogP contribution < -0.4 is 0 Å². The second-order valence-electron chi connectivity index (χ2n) is 7.99. The van der Waals surface area contributed by atoms with Crippen molar-refractivity contribution >= 4 is 38.7 Å². The van der Waals surface area contributed by atoms with Crippen LogP contribution in [0.1, 0.15) is 40.5 Å². The minimum Gasteiger partial charge on any atom is -0.293 e. The van der Waals surface area contributed by atoms with E-state index in [1.807, 2.05) is 60.3 Å². The van der Waals surface area contributed by atoms with E-state index in [1.54, 1.807) is 22.7 Å². The van der Waals surface area contributed by atoms with Gasteiger partial charge in [0.05, 0.1) is 33.2 Å². The predicted octanol–water partition coefficient (Wildman–Crippen LogP) is 5.04. The van der Waals surface area contributed by atoms with E-state index < -0.39 is 11.3 Å². The van der Waals surface area contributed by atoms with Gasteiger partial charge in [-0.05, 0) is 35.4 Å². The van der Waals surface area contributed by atoms with Crippen LogP contribution in [0.5, 0.6) is 0 Å². The number of Topliss-reactive ketones (excluding diaryl/α,β-unsaturated/α-hetero) is 1. The van der Waals surface area contributed by atoms with Crippen LogP contribution >= 0.6 is 22.7 Å². The fraction of sp³-hybridized carbons (Fsp3) is 0.273. The molecule has 5 rings (SSSR count). The lowest BCUT2D eigenvalue weighted by Gasteiger charge is -2.33. The Balaban J connectivity index is 1.72. The van der Waals surface area contributed by atoms with Gasteiger partial charge in [-0.15, -0.1) is 11.3 Å². The quantitative estimate of drug-likeness (QED) is 0.467. The van der Waals surface area contributed by atoms with Crippen molar-refractivity contribution in [3.05, 3.63) is 63.6 Å². The molecule has 0 bridgehead atoms. The Bertz CT molecular complexity index is 1240. The third-order valence-electron chi connectivity index (χ3n) is 5.48. The van der Waals surface area contributed by atoms with Crippen LogP contribution in [0.2, 0.25) is 0 Å². The number of rotatable bonds is 3. The molecule has 4 aromatic rings. The maximum absolute atomic E-state index is 13.3. The van der Waals surface area contributed by atoms with Crippen molar-refractivity contribution in [2.24, 2.45) is 11.3 Å². The summed E-state index contributed by atoms with van der Waals surface area (Å²) in [5.74, 6) is -0.775. The standard InChI is InChI=1S/C22H18N4OS2/c1-22(2)11-17-19(20(27)14(22)12-23)16(10-13-6-5-9-28-13)25-26(17)21-24-15-7-3-4-8-18(15)29-21/h3-9,14H,10-11H2,1-2H3. The molecule has 29 heavy (non-hydrogen) atoms. The third-order valence-corrected chi connectivity index (χ3v) is 7.37. The number of hydrogen-bond donors (Lipinski definition) is 0.